The van der Waals surface area contributed by atoms with E-state index in [4.69, 9.17) is 18.9 Å². The van der Waals surface area contributed by atoms with E-state index < -0.39 is 0 Å². The lowest BCUT2D eigenvalue weighted by Gasteiger charge is -2.17. The predicted octanol–water partition coefficient (Wildman–Crippen LogP) is 5.26. The van der Waals surface area contributed by atoms with Crippen LogP contribution in [-0.4, -0.2) is 31.8 Å². The van der Waals surface area contributed by atoms with Crippen molar-refractivity contribution in [1.29, 1.82) is 0 Å². The average molecular weight is 542 g/mol. The molecule has 0 radical (unpaired) electrons. The number of nitrogens with one attached hydrogen (secondary N) is 1. The van der Waals surface area contributed by atoms with Crippen LogP contribution in [0.5, 0.6) is 23.0 Å². The lowest BCUT2D eigenvalue weighted by Crippen LogP contribution is -2.27. The van der Waals surface area contributed by atoms with Crippen molar-refractivity contribution >= 4 is 5.91 Å². The van der Waals surface area contributed by atoms with Crippen LogP contribution in [0.25, 0.3) is 0 Å². The molecule has 7 nitrogen and oxygen atoms in total. The highest BCUT2D eigenvalue weighted by Gasteiger charge is 2.17. The van der Waals surface area contributed by atoms with Crippen molar-refractivity contribution in [3.05, 3.63) is 119 Å². The summed E-state index contributed by atoms with van der Waals surface area (Å²) in [6, 6.07) is 29.1. The van der Waals surface area contributed by atoms with Gasteiger partial charge in [-0.3, -0.25) is 4.79 Å². The van der Waals surface area contributed by atoms with Crippen molar-refractivity contribution in [2.24, 2.45) is 0 Å². The first-order chi connectivity index (χ1) is 19.6. The summed E-state index contributed by atoms with van der Waals surface area (Å²) in [5.41, 5.74) is 4.34. The second-order valence-corrected chi connectivity index (χ2v) is 9.20. The maximum Gasteiger partial charge on any atom is 0.224 e. The Hall–Kier alpha value is -4.49. The summed E-state index contributed by atoms with van der Waals surface area (Å²) >= 11 is 0. The van der Waals surface area contributed by atoms with Crippen molar-refractivity contribution in [3.8, 4) is 23.0 Å². The largest absolute Gasteiger partial charge is 0.493 e. The van der Waals surface area contributed by atoms with Gasteiger partial charge in [0, 0.05) is 12.1 Å². The number of carbonyl (C=O) groups excluding carboxylic acids is 1. The number of aliphatic hydroxyl groups excluding tert-OH is 1. The van der Waals surface area contributed by atoms with Crippen molar-refractivity contribution in [3.63, 3.8) is 0 Å². The van der Waals surface area contributed by atoms with Crippen molar-refractivity contribution in [1.82, 2.24) is 5.32 Å². The molecule has 0 fully saturated rings. The third kappa shape index (κ3) is 7.77. The first-order valence-electron chi connectivity index (χ1n) is 13.2. The standard InChI is InChI=1S/C33H35NO6/c1-37-31-19-24(13-15-29(31)39-22-25-9-5-3-6-10-25)17-18-34-32(36)20-27-14-16-30(33(38-2)28(27)21-35)40-23-26-11-7-4-8-12-26/h3-16,19,35H,17-18,20-23H2,1-2H3,(H,34,36). The summed E-state index contributed by atoms with van der Waals surface area (Å²) in [6.45, 7) is 1.00. The summed E-state index contributed by atoms with van der Waals surface area (Å²) in [7, 11) is 3.14. The van der Waals surface area contributed by atoms with Crippen LogP contribution in [0.2, 0.25) is 0 Å². The third-order valence-electron chi connectivity index (χ3n) is 6.47. The Bertz CT molecular complexity index is 1370. The summed E-state index contributed by atoms with van der Waals surface area (Å²) in [6.07, 6.45) is 0.740. The molecule has 0 saturated heterocycles. The zero-order chi connectivity index (χ0) is 28.2. The molecular formula is C33H35NO6. The molecule has 4 rings (SSSR count). The molecule has 0 heterocycles. The zero-order valence-electron chi connectivity index (χ0n) is 22.9. The molecule has 0 bridgehead atoms. The number of amides is 1. The third-order valence-corrected chi connectivity index (χ3v) is 6.47. The zero-order valence-corrected chi connectivity index (χ0v) is 22.9. The van der Waals surface area contributed by atoms with E-state index in [1.807, 2.05) is 78.9 Å². The lowest BCUT2D eigenvalue weighted by molar-refractivity contribution is -0.120. The second kappa shape index (κ2) is 14.6. The average Bonchev–Trinajstić information content (AvgIpc) is 3.00. The van der Waals surface area contributed by atoms with E-state index in [1.54, 1.807) is 19.2 Å². The number of benzene rings is 4. The molecule has 4 aromatic carbocycles. The summed E-state index contributed by atoms with van der Waals surface area (Å²) in [5, 5.41) is 13.0. The predicted molar refractivity (Wildman–Crippen MR) is 154 cm³/mol. The molecule has 2 N–H and O–H groups in total. The Morgan fingerprint density at radius 3 is 1.95 bits per heavy atom. The summed E-state index contributed by atoms with van der Waals surface area (Å²) < 4.78 is 22.9. The normalized spacial score (nSPS) is 10.6. The van der Waals surface area contributed by atoms with Gasteiger partial charge in [-0.05, 0) is 46.9 Å². The van der Waals surface area contributed by atoms with Gasteiger partial charge in [-0.15, -0.1) is 0 Å². The number of aliphatic hydroxyl groups is 1. The van der Waals surface area contributed by atoms with Gasteiger partial charge in [-0.2, -0.15) is 0 Å². The van der Waals surface area contributed by atoms with Gasteiger partial charge in [-0.1, -0.05) is 72.8 Å². The Labute approximate surface area is 235 Å². The minimum Gasteiger partial charge on any atom is -0.493 e. The summed E-state index contributed by atoms with van der Waals surface area (Å²) in [5.74, 6) is 2.12. The van der Waals surface area contributed by atoms with Crippen LogP contribution in [0.15, 0.2) is 91.0 Å². The van der Waals surface area contributed by atoms with E-state index in [2.05, 4.69) is 5.32 Å². The maximum atomic E-state index is 12.8. The molecule has 0 aliphatic heterocycles. The molecular weight excluding hydrogens is 506 g/mol. The number of ether oxygens (including phenoxy) is 4. The fraction of sp³-hybridized carbons (Fsp3) is 0.242. The van der Waals surface area contributed by atoms with Crippen LogP contribution in [0, 0.1) is 0 Å². The van der Waals surface area contributed by atoms with E-state index >= 15 is 0 Å². The first kappa shape index (κ1) is 28.5. The molecule has 4 aromatic rings. The molecule has 208 valence electrons. The minimum absolute atomic E-state index is 0.112. The highest BCUT2D eigenvalue weighted by atomic mass is 16.5. The van der Waals surface area contributed by atoms with Gasteiger partial charge < -0.3 is 29.4 Å². The van der Waals surface area contributed by atoms with Gasteiger partial charge in [0.05, 0.1) is 27.2 Å². The Morgan fingerprint density at radius 2 is 1.35 bits per heavy atom. The molecule has 0 spiro atoms. The Morgan fingerprint density at radius 1 is 0.725 bits per heavy atom. The molecule has 0 unspecified atom stereocenters. The van der Waals surface area contributed by atoms with Gasteiger partial charge >= 0.3 is 0 Å². The highest BCUT2D eigenvalue weighted by Crippen LogP contribution is 2.35. The lowest BCUT2D eigenvalue weighted by atomic mass is 10.0. The topological polar surface area (TPSA) is 86.3 Å². The van der Waals surface area contributed by atoms with E-state index in [9.17, 15) is 9.90 Å². The van der Waals surface area contributed by atoms with E-state index in [0.717, 1.165) is 16.7 Å². The molecule has 1 amide bonds. The molecule has 0 atom stereocenters. The molecule has 0 aliphatic rings. The Balaban J connectivity index is 1.31. The van der Waals surface area contributed by atoms with E-state index in [-0.39, 0.29) is 18.9 Å². The maximum absolute atomic E-state index is 12.8. The van der Waals surface area contributed by atoms with Gasteiger partial charge in [-0.25, -0.2) is 0 Å². The quantitative estimate of drug-likeness (QED) is 0.227. The van der Waals surface area contributed by atoms with Crippen molar-refractivity contribution < 1.29 is 28.8 Å². The molecule has 7 heteroatoms. The van der Waals surface area contributed by atoms with Crippen LogP contribution in [-0.2, 0) is 37.5 Å². The molecule has 0 aromatic heterocycles. The van der Waals surface area contributed by atoms with Gasteiger partial charge in [0.15, 0.2) is 23.0 Å². The first-order valence-corrected chi connectivity index (χ1v) is 13.2. The fourth-order valence-electron chi connectivity index (χ4n) is 4.36. The second-order valence-electron chi connectivity index (χ2n) is 9.20. The van der Waals surface area contributed by atoms with E-state index in [0.29, 0.717) is 60.3 Å². The molecule has 40 heavy (non-hydrogen) atoms. The number of carbonyl (C=O) groups is 1. The fourth-order valence-corrected chi connectivity index (χ4v) is 4.36. The van der Waals surface area contributed by atoms with Crippen LogP contribution in [0.1, 0.15) is 27.8 Å². The molecule has 0 saturated carbocycles. The van der Waals surface area contributed by atoms with Crippen LogP contribution < -0.4 is 24.3 Å². The summed E-state index contributed by atoms with van der Waals surface area (Å²) in [4.78, 5) is 12.8. The van der Waals surface area contributed by atoms with E-state index in [1.165, 1.54) is 7.11 Å². The van der Waals surface area contributed by atoms with Gasteiger partial charge in [0.25, 0.3) is 0 Å². The highest BCUT2D eigenvalue weighted by molar-refractivity contribution is 5.79. The number of rotatable bonds is 14. The molecule has 0 aliphatic carbocycles. The Kier molecular flexibility index (Phi) is 10.4. The van der Waals surface area contributed by atoms with Crippen LogP contribution in [0.3, 0.4) is 0 Å². The van der Waals surface area contributed by atoms with Gasteiger partial charge in [0.1, 0.15) is 13.2 Å². The monoisotopic (exact) mass is 541 g/mol. The minimum atomic E-state index is -0.271. The van der Waals surface area contributed by atoms with Crippen LogP contribution >= 0.6 is 0 Å². The van der Waals surface area contributed by atoms with Crippen molar-refractivity contribution in [2.45, 2.75) is 32.7 Å². The van der Waals surface area contributed by atoms with Gasteiger partial charge in [0.2, 0.25) is 5.91 Å². The van der Waals surface area contributed by atoms with Crippen molar-refractivity contribution in [2.75, 3.05) is 20.8 Å². The van der Waals surface area contributed by atoms with Crippen LogP contribution in [0.4, 0.5) is 0 Å². The SMILES string of the molecule is COc1cc(CCNC(=O)Cc2ccc(OCc3ccccc3)c(OC)c2CO)ccc1OCc1ccccc1. The smallest absolute Gasteiger partial charge is 0.224 e. The number of hydrogen-bond acceptors (Lipinski definition) is 6. The number of hydrogen-bond donors (Lipinski definition) is 2. The number of methoxy groups -OCH3 is 2.